The zero-order valence-electron chi connectivity index (χ0n) is 13.6. The van der Waals surface area contributed by atoms with Gasteiger partial charge < -0.3 is 9.64 Å². The van der Waals surface area contributed by atoms with Gasteiger partial charge in [-0.25, -0.2) is 4.39 Å². The number of likely N-dealkylation sites (tertiary alicyclic amines) is 1. The number of carbonyl (C=O) groups is 2. The van der Waals surface area contributed by atoms with Gasteiger partial charge in [0.15, 0.2) is 12.4 Å². The molecule has 0 N–H and O–H groups in total. The minimum atomic E-state index is -0.373. The maximum Gasteiger partial charge on any atom is 0.260 e. The van der Waals surface area contributed by atoms with Gasteiger partial charge in [0.25, 0.3) is 5.91 Å². The molecule has 2 atom stereocenters. The number of carbonyl (C=O) groups excluding carboxylic acids is 2. The van der Waals surface area contributed by atoms with Crippen LogP contribution in [0, 0.1) is 5.82 Å². The second kappa shape index (κ2) is 6.30. The van der Waals surface area contributed by atoms with Crippen LogP contribution in [0.5, 0.6) is 5.75 Å². The molecule has 2 aliphatic rings. The third kappa shape index (κ3) is 2.96. The lowest BCUT2D eigenvalue weighted by Gasteiger charge is -2.33. The van der Waals surface area contributed by atoms with Gasteiger partial charge in [0, 0.05) is 24.6 Å². The molecule has 1 heterocycles. The number of benzene rings is 1. The Labute approximate surface area is 135 Å². The highest BCUT2D eigenvalue weighted by atomic mass is 19.1. The normalized spacial score (nSPS) is 23.8. The van der Waals surface area contributed by atoms with Crippen LogP contribution in [-0.4, -0.2) is 35.8 Å². The molecule has 0 spiro atoms. The molecule has 0 unspecified atom stereocenters. The van der Waals surface area contributed by atoms with Crippen molar-refractivity contribution in [3.05, 3.63) is 29.1 Å². The summed E-state index contributed by atoms with van der Waals surface area (Å²) in [6, 6.07) is 2.99. The lowest BCUT2D eigenvalue weighted by atomic mass is 10.0. The van der Waals surface area contributed by atoms with Crippen LogP contribution < -0.4 is 4.74 Å². The van der Waals surface area contributed by atoms with Gasteiger partial charge in [0.05, 0.1) is 5.56 Å². The molecule has 1 aromatic rings. The van der Waals surface area contributed by atoms with Crippen molar-refractivity contribution < 1.29 is 18.7 Å². The van der Waals surface area contributed by atoms with E-state index in [1.807, 2.05) is 18.7 Å². The number of Topliss-reactive ketones (excluding diaryl/α,β-unsaturated/α-hetero) is 1. The van der Waals surface area contributed by atoms with Gasteiger partial charge in [-0.2, -0.15) is 0 Å². The molecule has 23 heavy (non-hydrogen) atoms. The third-order valence-corrected chi connectivity index (χ3v) is 4.89. The van der Waals surface area contributed by atoms with Crippen molar-refractivity contribution in [2.24, 2.45) is 0 Å². The number of ketones is 1. The van der Waals surface area contributed by atoms with Gasteiger partial charge in [-0.05, 0) is 44.2 Å². The predicted molar refractivity (Wildman–Crippen MR) is 84.3 cm³/mol. The summed E-state index contributed by atoms with van der Waals surface area (Å²) in [6.07, 6.45) is 3.46. The fraction of sp³-hybridized carbons (Fsp3) is 0.556. The van der Waals surface area contributed by atoms with E-state index in [1.165, 1.54) is 12.1 Å². The Morgan fingerprint density at radius 2 is 2.13 bits per heavy atom. The molecule has 1 saturated heterocycles. The van der Waals surface area contributed by atoms with Crippen LogP contribution >= 0.6 is 0 Å². The van der Waals surface area contributed by atoms with Crippen molar-refractivity contribution in [3.63, 3.8) is 0 Å². The molecule has 1 aliphatic heterocycles. The number of piperidine rings is 1. The second-order valence-corrected chi connectivity index (χ2v) is 6.58. The van der Waals surface area contributed by atoms with Crippen LogP contribution in [0.4, 0.5) is 4.39 Å². The highest BCUT2D eigenvalue weighted by Gasteiger charge is 2.33. The van der Waals surface area contributed by atoms with E-state index in [-0.39, 0.29) is 36.1 Å². The van der Waals surface area contributed by atoms with Gasteiger partial charge in [-0.1, -0.05) is 6.92 Å². The molecule has 0 bridgehead atoms. The number of halogens is 1. The van der Waals surface area contributed by atoms with Crippen LogP contribution in [0.25, 0.3) is 0 Å². The maximum atomic E-state index is 14.0. The van der Waals surface area contributed by atoms with Crippen LogP contribution in [0.2, 0.25) is 0 Å². The van der Waals surface area contributed by atoms with Gasteiger partial charge >= 0.3 is 0 Å². The molecule has 1 amide bonds. The van der Waals surface area contributed by atoms with Crippen molar-refractivity contribution >= 4 is 11.7 Å². The lowest BCUT2D eigenvalue weighted by Crippen LogP contribution is -2.44. The zero-order chi connectivity index (χ0) is 16.6. The first-order chi connectivity index (χ1) is 11.0. The van der Waals surface area contributed by atoms with E-state index in [4.69, 9.17) is 4.74 Å². The van der Waals surface area contributed by atoms with E-state index in [2.05, 4.69) is 0 Å². The third-order valence-electron chi connectivity index (χ3n) is 4.89. The molecule has 1 fully saturated rings. The fourth-order valence-corrected chi connectivity index (χ4v) is 3.64. The summed E-state index contributed by atoms with van der Waals surface area (Å²) in [6.45, 7) is 4.51. The standard InChI is InChI=1S/C18H22FNO3/c1-11-9-14(21)18-15(7-6-13(19)17(11)18)23-10-16(22)20-8-4-3-5-12(20)2/h6-7,11-12H,3-5,8-10H2,1-2H3/t11-,12+/m1/s1. The Kier molecular flexibility index (Phi) is 4.37. The van der Waals surface area contributed by atoms with Crippen molar-refractivity contribution in [2.45, 2.75) is 51.5 Å². The smallest absolute Gasteiger partial charge is 0.260 e. The number of rotatable bonds is 3. The Morgan fingerprint density at radius 1 is 1.35 bits per heavy atom. The largest absolute Gasteiger partial charge is 0.483 e. The highest BCUT2D eigenvalue weighted by Crippen LogP contribution is 2.39. The molecule has 1 aliphatic carbocycles. The highest BCUT2D eigenvalue weighted by molar-refractivity contribution is 6.03. The summed E-state index contributed by atoms with van der Waals surface area (Å²) in [7, 11) is 0. The molecule has 0 radical (unpaired) electrons. The monoisotopic (exact) mass is 319 g/mol. The minimum absolute atomic E-state index is 0.0752. The first kappa shape index (κ1) is 16.0. The van der Waals surface area contributed by atoms with Crippen molar-refractivity contribution in [1.29, 1.82) is 0 Å². The van der Waals surface area contributed by atoms with E-state index in [9.17, 15) is 14.0 Å². The number of nitrogens with zero attached hydrogens (tertiary/aromatic N) is 1. The SMILES string of the molecule is C[C@@H]1CC(=O)c2c(OCC(=O)N3CCCC[C@@H]3C)ccc(F)c21. The van der Waals surface area contributed by atoms with E-state index >= 15 is 0 Å². The van der Waals surface area contributed by atoms with E-state index < -0.39 is 0 Å². The van der Waals surface area contributed by atoms with E-state index in [1.54, 1.807) is 0 Å². The van der Waals surface area contributed by atoms with Gasteiger partial charge in [-0.15, -0.1) is 0 Å². The topological polar surface area (TPSA) is 46.6 Å². The molecule has 1 aromatic carbocycles. The van der Waals surface area contributed by atoms with Crippen LogP contribution in [0.15, 0.2) is 12.1 Å². The summed E-state index contributed by atoms with van der Waals surface area (Å²) in [5, 5.41) is 0. The second-order valence-electron chi connectivity index (χ2n) is 6.58. The molecular formula is C18H22FNO3. The average Bonchev–Trinajstić information content (AvgIpc) is 2.83. The summed E-state index contributed by atoms with van der Waals surface area (Å²) < 4.78 is 19.6. The number of hydrogen-bond acceptors (Lipinski definition) is 3. The average molecular weight is 319 g/mol. The summed E-state index contributed by atoms with van der Waals surface area (Å²) >= 11 is 0. The molecule has 5 heteroatoms. The Morgan fingerprint density at radius 3 is 2.87 bits per heavy atom. The molecule has 124 valence electrons. The molecule has 0 saturated carbocycles. The van der Waals surface area contributed by atoms with Crippen molar-refractivity contribution in [1.82, 2.24) is 4.90 Å². The number of ether oxygens (including phenoxy) is 1. The Bertz CT molecular complexity index is 643. The fourth-order valence-electron chi connectivity index (χ4n) is 3.64. The summed E-state index contributed by atoms with van der Waals surface area (Å²) in [5.74, 6) is -0.371. The quantitative estimate of drug-likeness (QED) is 0.859. The molecule has 4 nitrogen and oxygen atoms in total. The first-order valence-electron chi connectivity index (χ1n) is 8.27. The Hall–Kier alpha value is -1.91. The number of fused-ring (bicyclic) bond motifs is 1. The number of amides is 1. The van der Waals surface area contributed by atoms with E-state index in [0.717, 1.165) is 25.8 Å². The Balaban J connectivity index is 1.74. The van der Waals surface area contributed by atoms with Crippen molar-refractivity contribution in [2.75, 3.05) is 13.2 Å². The predicted octanol–water partition coefficient (Wildman–Crippen LogP) is 3.30. The first-order valence-corrected chi connectivity index (χ1v) is 8.27. The van der Waals surface area contributed by atoms with Crippen LogP contribution in [-0.2, 0) is 4.79 Å². The van der Waals surface area contributed by atoms with E-state index in [0.29, 0.717) is 23.3 Å². The summed E-state index contributed by atoms with van der Waals surface area (Å²) in [4.78, 5) is 26.3. The van der Waals surface area contributed by atoms with Crippen molar-refractivity contribution in [3.8, 4) is 5.75 Å². The maximum absolute atomic E-state index is 14.0. The lowest BCUT2D eigenvalue weighted by molar-refractivity contribution is -0.136. The molecule has 3 rings (SSSR count). The van der Waals surface area contributed by atoms with Gasteiger partial charge in [0.1, 0.15) is 11.6 Å². The minimum Gasteiger partial charge on any atom is -0.483 e. The zero-order valence-corrected chi connectivity index (χ0v) is 13.6. The molecule has 0 aromatic heterocycles. The number of hydrogen-bond donors (Lipinski definition) is 0. The van der Waals surface area contributed by atoms with Gasteiger partial charge in [-0.3, -0.25) is 9.59 Å². The van der Waals surface area contributed by atoms with Crippen LogP contribution in [0.3, 0.4) is 0 Å². The van der Waals surface area contributed by atoms with Crippen LogP contribution in [0.1, 0.15) is 61.4 Å². The summed E-state index contributed by atoms with van der Waals surface area (Å²) in [5.41, 5.74) is 0.739. The molecular weight excluding hydrogens is 297 g/mol. The van der Waals surface area contributed by atoms with Gasteiger partial charge in [0.2, 0.25) is 0 Å².